The van der Waals surface area contributed by atoms with E-state index >= 15 is 0 Å². The first-order valence-electron chi connectivity index (χ1n) is 5.75. The average molecular weight is 207 g/mol. The molecule has 0 spiro atoms. The smallest absolute Gasteiger partial charge is 0.0445 e. The lowest BCUT2D eigenvalue weighted by atomic mass is 10.1. The quantitative estimate of drug-likeness (QED) is 0.716. The van der Waals surface area contributed by atoms with Crippen molar-refractivity contribution in [3.05, 3.63) is 35.9 Å². The Morgan fingerprint density at radius 3 is 2.60 bits per heavy atom. The summed E-state index contributed by atoms with van der Waals surface area (Å²) in [5.41, 5.74) is 1.36. The lowest BCUT2D eigenvalue weighted by molar-refractivity contribution is 0.263. The third-order valence-corrected chi connectivity index (χ3v) is 2.66. The van der Waals surface area contributed by atoms with E-state index in [-0.39, 0.29) is 6.61 Å². The number of nitrogens with one attached hydrogen (secondary N) is 1. The van der Waals surface area contributed by atoms with Crippen LogP contribution in [0.4, 0.5) is 0 Å². The van der Waals surface area contributed by atoms with Gasteiger partial charge in [-0.3, -0.25) is 0 Å². The first-order valence-corrected chi connectivity index (χ1v) is 5.75. The summed E-state index contributed by atoms with van der Waals surface area (Å²) in [5.74, 6) is 0. The highest BCUT2D eigenvalue weighted by molar-refractivity contribution is 5.14. The standard InChI is InChI=1S/C13H21NO/c1-2-13(9-11-15)14-10-8-12-6-4-3-5-7-12/h3-7,13-15H,2,8-11H2,1H3. The van der Waals surface area contributed by atoms with Crippen LogP contribution in [0.15, 0.2) is 30.3 Å². The van der Waals surface area contributed by atoms with Gasteiger partial charge in [-0.25, -0.2) is 0 Å². The SMILES string of the molecule is CCC(CCO)NCCc1ccccc1. The van der Waals surface area contributed by atoms with Crippen LogP contribution in [-0.2, 0) is 6.42 Å². The third-order valence-electron chi connectivity index (χ3n) is 2.66. The molecule has 0 saturated carbocycles. The van der Waals surface area contributed by atoms with Crippen LogP contribution >= 0.6 is 0 Å². The van der Waals surface area contributed by atoms with Gasteiger partial charge in [-0.2, -0.15) is 0 Å². The number of aliphatic hydroxyl groups is 1. The number of rotatable bonds is 7. The highest BCUT2D eigenvalue weighted by Crippen LogP contribution is 2.00. The van der Waals surface area contributed by atoms with Crippen molar-refractivity contribution in [1.82, 2.24) is 5.32 Å². The molecule has 0 radical (unpaired) electrons. The Labute approximate surface area is 92.3 Å². The van der Waals surface area contributed by atoms with Crippen LogP contribution in [0, 0.1) is 0 Å². The molecule has 1 rings (SSSR count). The summed E-state index contributed by atoms with van der Waals surface area (Å²) in [5, 5.41) is 12.3. The molecule has 1 atom stereocenters. The highest BCUT2D eigenvalue weighted by atomic mass is 16.3. The van der Waals surface area contributed by atoms with Crippen LogP contribution in [0.3, 0.4) is 0 Å². The zero-order valence-electron chi connectivity index (χ0n) is 9.45. The minimum Gasteiger partial charge on any atom is -0.396 e. The zero-order chi connectivity index (χ0) is 10.9. The van der Waals surface area contributed by atoms with Gasteiger partial charge in [-0.15, -0.1) is 0 Å². The molecule has 1 aromatic rings. The van der Waals surface area contributed by atoms with Crippen LogP contribution < -0.4 is 5.32 Å². The molecule has 0 aliphatic rings. The summed E-state index contributed by atoms with van der Waals surface area (Å²) in [7, 11) is 0. The van der Waals surface area contributed by atoms with Crippen LogP contribution in [-0.4, -0.2) is 24.3 Å². The van der Waals surface area contributed by atoms with Gasteiger partial charge >= 0.3 is 0 Å². The molecule has 0 amide bonds. The average Bonchev–Trinajstić information content (AvgIpc) is 2.29. The molecule has 0 saturated heterocycles. The van der Waals surface area contributed by atoms with Gasteiger partial charge in [-0.05, 0) is 31.4 Å². The van der Waals surface area contributed by atoms with Crippen LogP contribution in [0.2, 0.25) is 0 Å². The molecule has 2 heteroatoms. The van der Waals surface area contributed by atoms with Gasteiger partial charge in [0, 0.05) is 12.6 Å². The Hall–Kier alpha value is -0.860. The Morgan fingerprint density at radius 1 is 1.27 bits per heavy atom. The molecule has 1 aromatic carbocycles. The van der Waals surface area contributed by atoms with E-state index in [1.807, 2.05) is 6.07 Å². The molecule has 1 unspecified atom stereocenters. The molecule has 0 aliphatic heterocycles. The van der Waals surface area contributed by atoms with Gasteiger partial charge in [0.25, 0.3) is 0 Å². The monoisotopic (exact) mass is 207 g/mol. The van der Waals surface area contributed by atoms with E-state index in [1.165, 1.54) is 5.56 Å². The normalized spacial score (nSPS) is 12.7. The van der Waals surface area contributed by atoms with E-state index in [0.29, 0.717) is 6.04 Å². The van der Waals surface area contributed by atoms with E-state index in [1.54, 1.807) is 0 Å². The number of aliphatic hydroxyl groups excluding tert-OH is 1. The van der Waals surface area contributed by atoms with Gasteiger partial charge in [0.15, 0.2) is 0 Å². The summed E-state index contributed by atoms with van der Waals surface area (Å²) in [6.45, 7) is 3.41. The molecule has 0 aromatic heterocycles. The second kappa shape index (κ2) is 7.43. The summed E-state index contributed by atoms with van der Waals surface area (Å²) in [4.78, 5) is 0. The van der Waals surface area contributed by atoms with E-state index in [9.17, 15) is 0 Å². The van der Waals surface area contributed by atoms with Crippen molar-refractivity contribution in [2.75, 3.05) is 13.2 Å². The molecular formula is C13H21NO. The minimum absolute atomic E-state index is 0.275. The summed E-state index contributed by atoms with van der Waals surface area (Å²) >= 11 is 0. The Morgan fingerprint density at radius 2 is 2.00 bits per heavy atom. The van der Waals surface area contributed by atoms with E-state index in [2.05, 4.69) is 36.5 Å². The maximum Gasteiger partial charge on any atom is 0.0445 e. The molecule has 2 nitrogen and oxygen atoms in total. The largest absolute Gasteiger partial charge is 0.396 e. The predicted octanol–water partition coefficient (Wildman–Crippen LogP) is 1.98. The minimum atomic E-state index is 0.275. The second-order valence-corrected chi connectivity index (χ2v) is 3.81. The second-order valence-electron chi connectivity index (χ2n) is 3.81. The first kappa shape index (κ1) is 12.2. The van der Waals surface area contributed by atoms with Gasteiger partial charge in [0.1, 0.15) is 0 Å². The molecule has 84 valence electrons. The fraction of sp³-hybridized carbons (Fsp3) is 0.538. The lowest BCUT2D eigenvalue weighted by Crippen LogP contribution is -2.31. The summed E-state index contributed by atoms with van der Waals surface area (Å²) in [6.07, 6.45) is 2.99. The molecule has 0 heterocycles. The van der Waals surface area contributed by atoms with Gasteiger partial charge in [0.2, 0.25) is 0 Å². The van der Waals surface area contributed by atoms with Crippen molar-refractivity contribution < 1.29 is 5.11 Å². The molecule has 0 bridgehead atoms. The zero-order valence-corrected chi connectivity index (χ0v) is 9.45. The van der Waals surface area contributed by atoms with Crippen molar-refractivity contribution in [3.8, 4) is 0 Å². The first-order chi connectivity index (χ1) is 7.36. The molecule has 0 aliphatic carbocycles. The van der Waals surface area contributed by atoms with E-state index in [4.69, 9.17) is 5.11 Å². The molecular weight excluding hydrogens is 186 g/mol. The van der Waals surface area contributed by atoms with Crippen molar-refractivity contribution in [2.45, 2.75) is 32.2 Å². The maximum atomic E-state index is 8.84. The van der Waals surface area contributed by atoms with Crippen LogP contribution in [0.5, 0.6) is 0 Å². The van der Waals surface area contributed by atoms with Crippen molar-refractivity contribution in [1.29, 1.82) is 0 Å². The van der Waals surface area contributed by atoms with E-state index in [0.717, 1.165) is 25.8 Å². The van der Waals surface area contributed by atoms with Crippen molar-refractivity contribution in [2.24, 2.45) is 0 Å². The van der Waals surface area contributed by atoms with Crippen molar-refractivity contribution >= 4 is 0 Å². The van der Waals surface area contributed by atoms with Gasteiger partial charge < -0.3 is 10.4 Å². The van der Waals surface area contributed by atoms with Gasteiger partial charge in [-0.1, -0.05) is 37.3 Å². The van der Waals surface area contributed by atoms with Crippen LogP contribution in [0.1, 0.15) is 25.3 Å². The Bertz CT molecular complexity index is 248. The molecule has 15 heavy (non-hydrogen) atoms. The predicted molar refractivity (Wildman–Crippen MR) is 63.9 cm³/mol. The highest BCUT2D eigenvalue weighted by Gasteiger charge is 2.03. The van der Waals surface area contributed by atoms with Crippen molar-refractivity contribution in [3.63, 3.8) is 0 Å². The molecule has 0 fully saturated rings. The summed E-state index contributed by atoms with van der Waals surface area (Å²) in [6, 6.07) is 10.9. The topological polar surface area (TPSA) is 32.3 Å². The fourth-order valence-electron chi connectivity index (χ4n) is 1.67. The Balaban J connectivity index is 2.20. The molecule has 2 N–H and O–H groups in total. The summed E-state index contributed by atoms with van der Waals surface area (Å²) < 4.78 is 0. The fourth-order valence-corrected chi connectivity index (χ4v) is 1.67. The lowest BCUT2D eigenvalue weighted by Gasteiger charge is -2.15. The Kier molecular flexibility index (Phi) is 6.05. The maximum absolute atomic E-state index is 8.84. The van der Waals surface area contributed by atoms with E-state index < -0.39 is 0 Å². The van der Waals surface area contributed by atoms with Crippen LogP contribution in [0.25, 0.3) is 0 Å². The van der Waals surface area contributed by atoms with Gasteiger partial charge in [0.05, 0.1) is 0 Å². The number of hydrogen-bond acceptors (Lipinski definition) is 2. The third kappa shape index (κ3) is 4.96. The number of hydrogen-bond donors (Lipinski definition) is 2. The number of benzene rings is 1.